The van der Waals surface area contributed by atoms with E-state index in [-0.39, 0.29) is 6.61 Å². The SMILES string of the molecule is CCCc1nc(Cn2ccc3c(CO)cccc32)no1. The number of aryl methyl sites for hydroxylation is 1. The zero-order chi connectivity index (χ0) is 13.9. The van der Waals surface area contributed by atoms with E-state index < -0.39 is 0 Å². The zero-order valence-electron chi connectivity index (χ0n) is 11.4. The van der Waals surface area contributed by atoms with Gasteiger partial charge in [-0.15, -0.1) is 0 Å². The van der Waals surface area contributed by atoms with Gasteiger partial charge in [-0.25, -0.2) is 0 Å². The number of benzene rings is 1. The summed E-state index contributed by atoms with van der Waals surface area (Å²) in [5.74, 6) is 1.37. The number of nitrogens with zero attached hydrogens (tertiary/aromatic N) is 3. The van der Waals surface area contributed by atoms with Gasteiger partial charge in [0.2, 0.25) is 5.89 Å². The molecular weight excluding hydrogens is 254 g/mol. The minimum absolute atomic E-state index is 0.0458. The Labute approximate surface area is 116 Å². The van der Waals surface area contributed by atoms with Crippen molar-refractivity contribution in [1.82, 2.24) is 14.7 Å². The van der Waals surface area contributed by atoms with E-state index in [1.54, 1.807) is 0 Å². The monoisotopic (exact) mass is 271 g/mol. The van der Waals surface area contributed by atoms with E-state index in [1.165, 1.54) is 0 Å². The van der Waals surface area contributed by atoms with Crippen LogP contribution in [0.25, 0.3) is 10.9 Å². The third-order valence-corrected chi connectivity index (χ3v) is 3.36. The van der Waals surface area contributed by atoms with Crippen LogP contribution in [-0.4, -0.2) is 19.8 Å². The molecule has 2 aromatic heterocycles. The summed E-state index contributed by atoms with van der Waals surface area (Å²) < 4.78 is 7.26. The van der Waals surface area contributed by atoms with Crippen LogP contribution in [0, 0.1) is 0 Å². The first-order valence-electron chi connectivity index (χ1n) is 6.81. The van der Waals surface area contributed by atoms with Gasteiger partial charge in [0.15, 0.2) is 5.82 Å². The van der Waals surface area contributed by atoms with Gasteiger partial charge in [0.05, 0.1) is 13.2 Å². The molecule has 0 unspecified atom stereocenters. The van der Waals surface area contributed by atoms with E-state index in [0.717, 1.165) is 29.3 Å². The molecule has 0 aliphatic carbocycles. The summed E-state index contributed by atoms with van der Waals surface area (Å²) in [6.45, 7) is 2.70. The fraction of sp³-hybridized carbons (Fsp3) is 0.333. The predicted molar refractivity (Wildman–Crippen MR) is 75.3 cm³/mol. The molecule has 0 spiro atoms. The van der Waals surface area contributed by atoms with Gasteiger partial charge < -0.3 is 14.2 Å². The molecule has 2 heterocycles. The lowest BCUT2D eigenvalue weighted by atomic mass is 10.1. The fourth-order valence-corrected chi connectivity index (χ4v) is 2.39. The standard InChI is InChI=1S/C15H17N3O2/c1-2-4-15-16-14(17-20-15)9-18-8-7-12-11(10-19)5-3-6-13(12)18/h3,5-8,19H,2,4,9-10H2,1H3. The summed E-state index contributed by atoms with van der Waals surface area (Å²) in [6, 6.07) is 7.92. The lowest BCUT2D eigenvalue weighted by molar-refractivity contribution is 0.283. The van der Waals surface area contributed by atoms with Gasteiger partial charge in [0.25, 0.3) is 0 Å². The van der Waals surface area contributed by atoms with Crippen LogP contribution in [-0.2, 0) is 19.6 Å². The Morgan fingerprint density at radius 1 is 1.30 bits per heavy atom. The second-order valence-corrected chi connectivity index (χ2v) is 4.81. The zero-order valence-corrected chi connectivity index (χ0v) is 11.4. The van der Waals surface area contributed by atoms with Gasteiger partial charge >= 0.3 is 0 Å². The molecule has 104 valence electrons. The second kappa shape index (κ2) is 5.46. The van der Waals surface area contributed by atoms with Crippen molar-refractivity contribution in [2.45, 2.75) is 32.9 Å². The highest BCUT2D eigenvalue weighted by Gasteiger charge is 2.09. The van der Waals surface area contributed by atoms with E-state index in [2.05, 4.69) is 21.6 Å². The first-order valence-corrected chi connectivity index (χ1v) is 6.81. The number of aliphatic hydroxyl groups excluding tert-OH is 1. The lowest BCUT2D eigenvalue weighted by Crippen LogP contribution is -2.00. The van der Waals surface area contributed by atoms with Crippen LogP contribution in [0.1, 0.15) is 30.6 Å². The highest BCUT2D eigenvalue weighted by atomic mass is 16.5. The molecule has 0 aliphatic heterocycles. The molecule has 0 bridgehead atoms. The first-order chi connectivity index (χ1) is 9.81. The maximum absolute atomic E-state index is 9.35. The minimum Gasteiger partial charge on any atom is -0.392 e. The maximum Gasteiger partial charge on any atom is 0.226 e. The largest absolute Gasteiger partial charge is 0.392 e. The van der Waals surface area contributed by atoms with Crippen LogP contribution in [0.4, 0.5) is 0 Å². The van der Waals surface area contributed by atoms with Crippen molar-refractivity contribution >= 4 is 10.9 Å². The van der Waals surface area contributed by atoms with Crippen LogP contribution in [0.15, 0.2) is 35.0 Å². The van der Waals surface area contributed by atoms with Crippen LogP contribution < -0.4 is 0 Å². The number of hydrogen-bond acceptors (Lipinski definition) is 4. The summed E-state index contributed by atoms with van der Waals surface area (Å²) in [7, 11) is 0. The molecule has 20 heavy (non-hydrogen) atoms. The van der Waals surface area contributed by atoms with E-state index in [4.69, 9.17) is 4.52 Å². The third kappa shape index (κ3) is 2.32. The molecule has 0 fully saturated rings. The second-order valence-electron chi connectivity index (χ2n) is 4.81. The Morgan fingerprint density at radius 3 is 3.00 bits per heavy atom. The number of aliphatic hydroxyl groups is 1. The Bertz CT molecular complexity index is 715. The van der Waals surface area contributed by atoms with Crippen LogP contribution >= 0.6 is 0 Å². The fourth-order valence-electron chi connectivity index (χ4n) is 2.39. The van der Waals surface area contributed by atoms with Gasteiger partial charge in [-0.1, -0.05) is 24.2 Å². The molecule has 5 nitrogen and oxygen atoms in total. The molecule has 0 amide bonds. The van der Waals surface area contributed by atoms with Crippen LogP contribution in [0.2, 0.25) is 0 Å². The van der Waals surface area contributed by atoms with E-state index in [0.29, 0.717) is 18.3 Å². The quantitative estimate of drug-likeness (QED) is 0.774. The van der Waals surface area contributed by atoms with Crippen LogP contribution in [0.3, 0.4) is 0 Å². The minimum atomic E-state index is 0.0458. The van der Waals surface area contributed by atoms with E-state index in [9.17, 15) is 5.11 Å². The number of aromatic nitrogens is 3. The summed E-state index contributed by atoms with van der Waals surface area (Å²) in [5, 5.41) is 14.4. The molecule has 0 saturated heterocycles. The maximum atomic E-state index is 9.35. The van der Waals surface area contributed by atoms with Gasteiger partial charge in [0, 0.05) is 23.5 Å². The highest BCUT2D eigenvalue weighted by Crippen LogP contribution is 2.21. The summed E-state index contributed by atoms with van der Waals surface area (Å²) in [4.78, 5) is 4.38. The smallest absolute Gasteiger partial charge is 0.226 e. The van der Waals surface area contributed by atoms with Gasteiger partial charge in [-0.05, 0) is 24.1 Å². The molecular formula is C15H17N3O2. The van der Waals surface area contributed by atoms with Crippen molar-refractivity contribution in [2.75, 3.05) is 0 Å². The topological polar surface area (TPSA) is 64.1 Å². The van der Waals surface area contributed by atoms with Crippen molar-refractivity contribution in [3.8, 4) is 0 Å². The molecule has 1 aromatic carbocycles. The third-order valence-electron chi connectivity index (χ3n) is 3.36. The average Bonchev–Trinajstić information content (AvgIpc) is 3.07. The first kappa shape index (κ1) is 12.9. The Hall–Kier alpha value is -2.14. The van der Waals surface area contributed by atoms with Crippen molar-refractivity contribution in [3.05, 3.63) is 47.7 Å². The van der Waals surface area contributed by atoms with E-state index in [1.807, 2.05) is 30.5 Å². The Morgan fingerprint density at radius 2 is 2.20 bits per heavy atom. The summed E-state index contributed by atoms with van der Waals surface area (Å²) in [6.07, 6.45) is 3.79. The molecule has 3 aromatic rings. The Balaban J connectivity index is 1.90. The molecule has 0 saturated carbocycles. The van der Waals surface area contributed by atoms with Crippen LogP contribution in [0.5, 0.6) is 0 Å². The van der Waals surface area contributed by atoms with E-state index >= 15 is 0 Å². The summed E-state index contributed by atoms with van der Waals surface area (Å²) >= 11 is 0. The molecule has 0 atom stereocenters. The van der Waals surface area contributed by atoms with Crippen molar-refractivity contribution < 1.29 is 9.63 Å². The van der Waals surface area contributed by atoms with Crippen molar-refractivity contribution in [2.24, 2.45) is 0 Å². The lowest BCUT2D eigenvalue weighted by Gasteiger charge is -2.03. The summed E-state index contributed by atoms with van der Waals surface area (Å²) in [5.41, 5.74) is 2.00. The highest BCUT2D eigenvalue weighted by molar-refractivity contribution is 5.83. The van der Waals surface area contributed by atoms with Gasteiger partial charge in [-0.2, -0.15) is 4.98 Å². The van der Waals surface area contributed by atoms with Crippen molar-refractivity contribution in [1.29, 1.82) is 0 Å². The average molecular weight is 271 g/mol. The molecule has 3 rings (SSSR count). The normalized spacial score (nSPS) is 11.3. The van der Waals surface area contributed by atoms with Gasteiger partial charge in [0.1, 0.15) is 0 Å². The van der Waals surface area contributed by atoms with Crippen molar-refractivity contribution in [3.63, 3.8) is 0 Å². The predicted octanol–water partition coefficient (Wildman–Crippen LogP) is 2.52. The number of hydrogen-bond donors (Lipinski definition) is 1. The van der Waals surface area contributed by atoms with Gasteiger partial charge in [-0.3, -0.25) is 0 Å². The molecule has 0 radical (unpaired) electrons. The molecule has 5 heteroatoms. The Kier molecular flexibility index (Phi) is 3.52. The molecule has 0 aliphatic rings. The number of rotatable bonds is 5. The number of fused-ring (bicyclic) bond motifs is 1. The molecule has 1 N–H and O–H groups in total.